The molecule has 2 aromatic heterocycles. The fourth-order valence-corrected chi connectivity index (χ4v) is 9.03. The monoisotopic (exact) mass is 681 g/mol. The summed E-state index contributed by atoms with van der Waals surface area (Å²) in [5.41, 5.74) is 4.73. The largest absolute Gasteiger partial charge is 0.496 e. The van der Waals surface area contributed by atoms with Crippen LogP contribution in [0.25, 0.3) is 5.69 Å². The lowest BCUT2D eigenvalue weighted by Crippen LogP contribution is -2.52. The van der Waals surface area contributed by atoms with E-state index >= 15 is 0 Å². The van der Waals surface area contributed by atoms with Crippen LogP contribution in [0.15, 0.2) is 48.8 Å². The molecule has 1 saturated heterocycles. The van der Waals surface area contributed by atoms with Crippen molar-refractivity contribution in [1.29, 1.82) is 0 Å². The van der Waals surface area contributed by atoms with Crippen molar-refractivity contribution < 1.29 is 19.1 Å². The number of amides is 2. The number of carbonyl (C=O) groups is 2. The van der Waals surface area contributed by atoms with E-state index in [-0.39, 0.29) is 40.3 Å². The topological polar surface area (TPSA) is 89.8 Å². The van der Waals surface area contributed by atoms with Gasteiger partial charge in [-0.05, 0) is 117 Å². The van der Waals surface area contributed by atoms with Gasteiger partial charge in [-0.2, -0.15) is 5.10 Å². The molecule has 1 aromatic carbocycles. The van der Waals surface area contributed by atoms with E-state index in [2.05, 4.69) is 58.9 Å². The summed E-state index contributed by atoms with van der Waals surface area (Å²) in [6, 6.07) is 12.8. The Morgan fingerprint density at radius 1 is 0.960 bits per heavy atom. The molecule has 2 amide bonds. The Hall–Kier alpha value is -3.88. The molecule has 0 N–H and O–H groups in total. The molecule has 50 heavy (non-hydrogen) atoms. The maximum Gasteiger partial charge on any atom is 0.410 e. The van der Waals surface area contributed by atoms with Gasteiger partial charge < -0.3 is 14.4 Å². The van der Waals surface area contributed by atoms with Crippen LogP contribution >= 0.6 is 0 Å². The molecule has 9 nitrogen and oxygen atoms in total. The SMILES string of the molecule is COc1ccc(C23CCC(CN(c4cc(-n5ccc(C(C)(C)C)n5)ccn4)C(=O)[C@H]4CC[C@H](OC(=O)N5CC(C)C5)CC4)(CC2)CC3)cc1C. The minimum Gasteiger partial charge on any atom is -0.496 e. The third-order valence-corrected chi connectivity index (χ3v) is 12.4. The highest BCUT2D eigenvalue weighted by Gasteiger charge is 2.51. The van der Waals surface area contributed by atoms with Crippen molar-refractivity contribution in [2.45, 2.75) is 116 Å². The maximum absolute atomic E-state index is 14.7. The lowest BCUT2D eigenvalue weighted by Gasteiger charge is -2.55. The molecule has 3 heterocycles. The second-order valence-corrected chi connectivity index (χ2v) is 17.0. The molecule has 0 spiro atoms. The van der Waals surface area contributed by atoms with Crippen molar-refractivity contribution in [2.75, 3.05) is 31.6 Å². The number of nitrogens with zero attached hydrogens (tertiary/aromatic N) is 5. The zero-order valence-electron chi connectivity index (χ0n) is 30.9. The number of rotatable bonds is 8. The van der Waals surface area contributed by atoms with E-state index in [1.54, 1.807) is 12.0 Å². The molecule has 0 atom stereocenters. The van der Waals surface area contributed by atoms with Crippen LogP contribution in [0, 0.1) is 24.2 Å². The predicted octanol–water partition coefficient (Wildman–Crippen LogP) is 8.15. The first-order valence-corrected chi connectivity index (χ1v) is 18.8. The van der Waals surface area contributed by atoms with Crippen molar-refractivity contribution in [2.24, 2.45) is 17.3 Å². The van der Waals surface area contributed by atoms with Crippen molar-refractivity contribution in [1.82, 2.24) is 19.7 Å². The number of anilines is 1. The molecular weight excluding hydrogens is 626 g/mol. The molecule has 1 aliphatic heterocycles. The summed E-state index contributed by atoms with van der Waals surface area (Å²) < 4.78 is 13.3. The normalized spacial score (nSPS) is 26.7. The average Bonchev–Trinajstić information content (AvgIpc) is 3.62. The lowest BCUT2D eigenvalue weighted by molar-refractivity contribution is -0.124. The van der Waals surface area contributed by atoms with E-state index in [1.807, 2.05) is 34.1 Å². The summed E-state index contributed by atoms with van der Waals surface area (Å²) in [7, 11) is 1.74. The summed E-state index contributed by atoms with van der Waals surface area (Å²) in [6.07, 6.45) is 13.0. The van der Waals surface area contributed by atoms with E-state index in [4.69, 9.17) is 19.6 Å². The fraction of sp³-hybridized carbons (Fsp3) is 0.610. The predicted molar refractivity (Wildman–Crippen MR) is 195 cm³/mol. The third kappa shape index (κ3) is 6.76. The zero-order valence-corrected chi connectivity index (χ0v) is 30.9. The van der Waals surface area contributed by atoms with Gasteiger partial charge in [-0.3, -0.25) is 9.69 Å². The Balaban J connectivity index is 1.10. The van der Waals surface area contributed by atoms with Crippen LogP contribution in [0.5, 0.6) is 5.75 Å². The van der Waals surface area contributed by atoms with E-state index < -0.39 is 0 Å². The molecule has 4 saturated carbocycles. The first-order chi connectivity index (χ1) is 23.9. The third-order valence-electron chi connectivity index (χ3n) is 12.4. The molecule has 3 aromatic rings. The fourth-order valence-electron chi connectivity index (χ4n) is 9.03. The van der Waals surface area contributed by atoms with Crippen molar-refractivity contribution in [3.63, 3.8) is 0 Å². The van der Waals surface area contributed by atoms with Crippen LogP contribution in [-0.4, -0.2) is 64.5 Å². The van der Waals surface area contributed by atoms with Crippen LogP contribution in [0.4, 0.5) is 10.6 Å². The van der Waals surface area contributed by atoms with Crippen molar-refractivity contribution >= 4 is 17.8 Å². The standard InChI is InChI=1S/C41H55N5O4/c1-28-25-44(26-28)38(48)50-33-10-7-30(8-11-33)37(47)45(36-24-32(13-21-42-36)46-22-14-35(43-46)39(3,4)5)27-40-15-18-41(19-16-40,20-17-40)31-9-12-34(49-6)29(2)23-31/h9,12-14,21-24,28,30,33H,7-8,10-11,15-20,25-27H2,1-6H3/t30-,33-,40?,41?. The molecule has 0 radical (unpaired) electrons. The molecule has 5 aliphatic rings. The second-order valence-electron chi connectivity index (χ2n) is 17.0. The van der Waals surface area contributed by atoms with Crippen LogP contribution in [0.2, 0.25) is 0 Å². The number of carbonyl (C=O) groups excluding carboxylic acids is 2. The molecular formula is C41H55N5O4. The molecule has 9 heteroatoms. The smallest absolute Gasteiger partial charge is 0.410 e. The van der Waals surface area contributed by atoms with Crippen molar-refractivity contribution in [3.8, 4) is 11.4 Å². The number of aromatic nitrogens is 3. The number of methoxy groups -OCH3 is 1. The number of pyridine rings is 1. The lowest BCUT2D eigenvalue weighted by atomic mass is 9.51. The number of fused-ring (bicyclic) bond motifs is 3. The van der Waals surface area contributed by atoms with E-state index in [9.17, 15) is 9.59 Å². The zero-order chi connectivity index (χ0) is 35.3. The number of likely N-dealkylation sites (tertiary alicyclic amines) is 1. The highest BCUT2D eigenvalue weighted by atomic mass is 16.6. The number of benzene rings is 1. The van der Waals surface area contributed by atoms with Gasteiger partial charge in [-0.1, -0.05) is 39.8 Å². The number of hydrogen-bond donors (Lipinski definition) is 0. The van der Waals surface area contributed by atoms with Gasteiger partial charge in [0.2, 0.25) is 5.91 Å². The molecule has 8 rings (SSSR count). The molecule has 4 aliphatic carbocycles. The number of aryl methyl sites for hydroxylation is 1. The highest BCUT2D eigenvalue weighted by molar-refractivity contribution is 5.94. The average molecular weight is 682 g/mol. The first-order valence-electron chi connectivity index (χ1n) is 18.8. The van der Waals surface area contributed by atoms with Crippen LogP contribution in [0.3, 0.4) is 0 Å². The Morgan fingerprint density at radius 3 is 2.26 bits per heavy atom. The minimum atomic E-state index is -0.205. The first kappa shape index (κ1) is 34.6. The van der Waals surface area contributed by atoms with E-state index in [0.717, 1.165) is 68.7 Å². The summed E-state index contributed by atoms with van der Waals surface area (Å²) in [4.78, 5) is 35.9. The molecule has 0 unspecified atom stereocenters. The van der Waals surface area contributed by atoms with E-state index in [1.165, 1.54) is 11.1 Å². The van der Waals surface area contributed by atoms with Crippen LogP contribution in [0.1, 0.15) is 109 Å². The Kier molecular flexibility index (Phi) is 9.23. The summed E-state index contributed by atoms with van der Waals surface area (Å²) in [5.74, 6) is 2.20. The van der Waals surface area contributed by atoms with Gasteiger partial charge in [-0.25, -0.2) is 14.5 Å². The van der Waals surface area contributed by atoms with Gasteiger partial charge in [0.1, 0.15) is 17.7 Å². The second kappa shape index (κ2) is 13.3. The summed E-state index contributed by atoms with van der Waals surface area (Å²) in [6.45, 7) is 13.0. The van der Waals surface area contributed by atoms with Gasteiger partial charge in [-0.15, -0.1) is 0 Å². The Morgan fingerprint density at radius 2 is 1.66 bits per heavy atom. The Labute approximate surface area is 297 Å². The van der Waals surface area contributed by atoms with Crippen LogP contribution < -0.4 is 9.64 Å². The highest BCUT2D eigenvalue weighted by Crippen LogP contribution is 2.58. The van der Waals surface area contributed by atoms with Gasteiger partial charge in [0, 0.05) is 49.4 Å². The molecule has 5 fully saturated rings. The quantitative estimate of drug-likeness (QED) is 0.238. The minimum absolute atomic E-state index is 0.0583. The van der Waals surface area contributed by atoms with Gasteiger partial charge in [0.25, 0.3) is 0 Å². The van der Waals surface area contributed by atoms with Gasteiger partial charge in [0.05, 0.1) is 18.5 Å². The number of ether oxygens (including phenoxy) is 2. The molecule has 2 bridgehead atoms. The van der Waals surface area contributed by atoms with Gasteiger partial charge in [0.15, 0.2) is 0 Å². The van der Waals surface area contributed by atoms with Crippen molar-refractivity contribution in [3.05, 3.63) is 65.6 Å². The number of hydrogen-bond acceptors (Lipinski definition) is 6. The summed E-state index contributed by atoms with van der Waals surface area (Å²) in [5, 5.41) is 4.88. The molecule has 268 valence electrons. The van der Waals surface area contributed by atoms with Crippen LogP contribution in [-0.2, 0) is 20.4 Å². The Bertz CT molecular complexity index is 1690. The van der Waals surface area contributed by atoms with Gasteiger partial charge >= 0.3 is 6.09 Å². The van der Waals surface area contributed by atoms with E-state index in [0.29, 0.717) is 44.0 Å². The maximum atomic E-state index is 14.7. The summed E-state index contributed by atoms with van der Waals surface area (Å²) >= 11 is 0.